The molecule has 2 heterocycles. The highest BCUT2D eigenvalue weighted by molar-refractivity contribution is 6.01. The van der Waals surface area contributed by atoms with Gasteiger partial charge in [0.15, 0.2) is 0 Å². The van der Waals surface area contributed by atoms with Crippen LogP contribution >= 0.6 is 0 Å². The Hall–Kier alpha value is -1.10. The molecule has 0 aromatic rings. The molecule has 0 aromatic carbocycles. The molecule has 0 aliphatic carbocycles. The second kappa shape index (κ2) is 4.78. The van der Waals surface area contributed by atoms with Crippen molar-refractivity contribution in [3.05, 3.63) is 0 Å². The summed E-state index contributed by atoms with van der Waals surface area (Å²) < 4.78 is 5.61. The van der Waals surface area contributed by atoms with E-state index in [0.717, 1.165) is 19.4 Å². The van der Waals surface area contributed by atoms with Crippen molar-refractivity contribution in [1.29, 1.82) is 0 Å². The maximum atomic E-state index is 12.7. The average molecular weight is 268 g/mol. The number of nitrogens with zero attached hydrogens (tertiary/aromatic N) is 1. The Morgan fingerprint density at radius 2 is 2.05 bits per heavy atom. The lowest BCUT2D eigenvalue weighted by atomic mass is 9.86. The minimum atomic E-state index is -0.808. The van der Waals surface area contributed by atoms with E-state index in [1.165, 1.54) is 0 Å². The molecule has 0 saturated carbocycles. The summed E-state index contributed by atoms with van der Waals surface area (Å²) in [6, 6.07) is 0. The van der Waals surface area contributed by atoms with Crippen LogP contribution in [0.25, 0.3) is 0 Å². The van der Waals surface area contributed by atoms with Gasteiger partial charge < -0.3 is 15.0 Å². The molecule has 0 radical (unpaired) electrons. The van der Waals surface area contributed by atoms with Gasteiger partial charge in [0, 0.05) is 13.2 Å². The van der Waals surface area contributed by atoms with Crippen LogP contribution in [0.5, 0.6) is 0 Å². The molecule has 19 heavy (non-hydrogen) atoms. The van der Waals surface area contributed by atoms with Crippen LogP contribution in [0.2, 0.25) is 0 Å². The van der Waals surface area contributed by atoms with Crippen molar-refractivity contribution >= 4 is 11.8 Å². The number of carbonyl (C=O) groups excluding carboxylic acids is 2. The lowest BCUT2D eigenvalue weighted by Gasteiger charge is -2.49. The third-order valence-electron chi connectivity index (χ3n) is 4.45. The first-order valence-electron chi connectivity index (χ1n) is 7.07. The summed E-state index contributed by atoms with van der Waals surface area (Å²) in [5, 5.41) is 2.87. The number of rotatable bonds is 3. The molecule has 0 spiro atoms. The van der Waals surface area contributed by atoms with Crippen LogP contribution in [0.3, 0.4) is 0 Å². The molecule has 0 aromatic heterocycles. The number of ether oxygens (including phenoxy) is 1. The highest BCUT2D eigenvalue weighted by Gasteiger charge is 2.51. The van der Waals surface area contributed by atoms with Crippen molar-refractivity contribution in [3.63, 3.8) is 0 Å². The molecule has 5 nitrogen and oxygen atoms in total. The monoisotopic (exact) mass is 268 g/mol. The molecule has 1 N–H and O–H groups in total. The first-order valence-corrected chi connectivity index (χ1v) is 7.07. The van der Waals surface area contributed by atoms with Gasteiger partial charge in [0.2, 0.25) is 11.8 Å². The smallest absolute Gasteiger partial charge is 0.248 e. The fourth-order valence-corrected chi connectivity index (χ4v) is 2.67. The van der Waals surface area contributed by atoms with E-state index in [2.05, 4.69) is 5.32 Å². The largest absolute Gasteiger partial charge is 0.376 e. The second-order valence-corrected chi connectivity index (χ2v) is 6.25. The van der Waals surface area contributed by atoms with E-state index in [9.17, 15) is 9.59 Å². The predicted molar refractivity (Wildman–Crippen MR) is 71.6 cm³/mol. The number of hydrogen-bond donors (Lipinski definition) is 1. The summed E-state index contributed by atoms with van der Waals surface area (Å²) in [6.07, 6.45) is 2.65. The van der Waals surface area contributed by atoms with Gasteiger partial charge in [-0.15, -0.1) is 0 Å². The minimum absolute atomic E-state index is 0.00454. The predicted octanol–water partition coefficient (Wildman–Crippen LogP) is 1.07. The van der Waals surface area contributed by atoms with Gasteiger partial charge in [0.25, 0.3) is 0 Å². The molecular weight excluding hydrogens is 244 g/mol. The van der Waals surface area contributed by atoms with E-state index in [1.807, 2.05) is 6.92 Å². The maximum Gasteiger partial charge on any atom is 0.248 e. The fraction of sp³-hybridized carbons (Fsp3) is 0.857. The SMILES string of the molecule is CCC1(C)NC(=O)C(C)(C)N(CC2CCCO2)C1=O. The molecule has 2 fully saturated rings. The van der Waals surface area contributed by atoms with E-state index < -0.39 is 11.1 Å². The van der Waals surface area contributed by atoms with Crippen molar-refractivity contribution in [2.45, 2.75) is 64.1 Å². The normalized spacial score (nSPS) is 34.5. The molecule has 2 atom stereocenters. The van der Waals surface area contributed by atoms with Crippen molar-refractivity contribution in [2.75, 3.05) is 13.2 Å². The Balaban J connectivity index is 2.24. The van der Waals surface area contributed by atoms with E-state index in [1.54, 1.807) is 25.7 Å². The number of piperazine rings is 1. The third-order valence-corrected chi connectivity index (χ3v) is 4.45. The quantitative estimate of drug-likeness (QED) is 0.833. The van der Waals surface area contributed by atoms with Crippen LogP contribution in [0.4, 0.5) is 0 Å². The summed E-state index contributed by atoms with van der Waals surface area (Å²) in [5.41, 5.74) is -1.59. The second-order valence-electron chi connectivity index (χ2n) is 6.25. The number of amides is 2. The fourth-order valence-electron chi connectivity index (χ4n) is 2.67. The van der Waals surface area contributed by atoms with Gasteiger partial charge >= 0.3 is 0 Å². The Labute approximate surface area is 114 Å². The Morgan fingerprint density at radius 3 is 2.58 bits per heavy atom. The van der Waals surface area contributed by atoms with Crippen LogP contribution in [0.15, 0.2) is 0 Å². The summed E-state index contributed by atoms with van der Waals surface area (Å²) in [7, 11) is 0. The molecule has 2 aliphatic rings. The molecule has 0 bridgehead atoms. The van der Waals surface area contributed by atoms with Gasteiger partial charge in [-0.25, -0.2) is 0 Å². The number of nitrogens with one attached hydrogen (secondary N) is 1. The van der Waals surface area contributed by atoms with Crippen LogP contribution < -0.4 is 5.32 Å². The molecule has 2 saturated heterocycles. The molecular formula is C14H24N2O3. The van der Waals surface area contributed by atoms with Crippen molar-refractivity contribution < 1.29 is 14.3 Å². The third kappa shape index (κ3) is 2.36. The van der Waals surface area contributed by atoms with E-state index in [-0.39, 0.29) is 17.9 Å². The Bertz CT molecular complexity index is 388. The molecule has 5 heteroatoms. The summed E-state index contributed by atoms with van der Waals surface area (Å²) in [5.74, 6) is -0.0930. The minimum Gasteiger partial charge on any atom is -0.376 e. The first kappa shape index (κ1) is 14.3. The molecule has 2 aliphatic heterocycles. The Morgan fingerprint density at radius 1 is 1.37 bits per heavy atom. The first-order chi connectivity index (χ1) is 8.81. The zero-order chi connectivity index (χ0) is 14.3. The van der Waals surface area contributed by atoms with Crippen LogP contribution in [0, 0.1) is 0 Å². The van der Waals surface area contributed by atoms with E-state index >= 15 is 0 Å². The van der Waals surface area contributed by atoms with E-state index in [4.69, 9.17) is 4.74 Å². The van der Waals surface area contributed by atoms with Gasteiger partial charge in [-0.2, -0.15) is 0 Å². The van der Waals surface area contributed by atoms with Gasteiger partial charge in [-0.05, 0) is 40.0 Å². The summed E-state index contributed by atoms with van der Waals surface area (Å²) >= 11 is 0. The topological polar surface area (TPSA) is 58.6 Å². The number of carbonyl (C=O) groups is 2. The van der Waals surface area contributed by atoms with Crippen molar-refractivity contribution in [1.82, 2.24) is 10.2 Å². The molecule has 108 valence electrons. The molecule has 2 unspecified atom stereocenters. The van der Waals surface area contributed by atoms with Crippen LogP contribution in [-0.2, 0) is 14.3 Å². The zero-order valence-corrected chi connectivity index (χ0v) is 12.3. The van der Waals surface area contributed by atoms with Gasteiger partial charge in [-0.1, -0.05) is 6.92 Å². The summed E-state index contributed by atoms with van der Waals surface area (Å²) in [4.78, 5) is 26.7. The molecule has 2 amide bonds. The lowest BCUT2D eigenvalue weighted by molar-refractivity contribution is -0.162. The standard InChI is InChI=1S/C14H24N2O3/c1-5-14(4)12(18)16(9-10-7-6-8-19-10)13(2,3)11(17)15-14/h10H,5-9H2,1-4H3,(H,15,17). The van der Waals surface area contributed by atoms with Crippen molar-refractivity contribution in [3.8, 4) is 0 Å². The highest BCUT2D eigenvalue weighted by atomic mass is 16.5. The zero-order valence-electron chi connectivity index (χ0n) is 12.3. The lowest BCUT2D eigenvalue weighted by Crippen LogP contribution is -2.73. The van der Waals surface area contributed by atoms with Crippen molar-refractivity contribution in [2.24, 2.45) is 0 Å². The van der Waals surface area contributed by atoms with E-state index in [0.29, 0.717) is 13.0 Å². The number of hydrogen-bond acceptors (Lipinski definition) is 3. The Kier molecular flexibility index (Phi) is 3.60. The summed E-state index contributed by atoms with van der Waals surface area (Å²) in [6.45, 7) is 8.57. The van der Waals surface area contributed by atoms with Gasteiger partial charge in [-0.3, -0.25) is 9.59 Å². The van der Waals surface area contributed by atoms with Gasteiger partial charge in [0.1, 0.15) is 11.1 Å². The molecule has 2 rings (SSSR count). The van der Waals surface area contributed by atoms with Gasteiger partial charge in [0.05, 0.1) is 6.10 Å². The van der Waals surface area contributed by atoms with Crippen LogP contribution in [-0.4, -0.2) is 47.0 Å². The van der Waals surface area contributed by atoms with Crippen LogP contribution in [0.1, 0.15) is 47.0 Å². The highest BCUT2D eigenvalue weighted by Crippen LogP contribution is 2.29. The maximum absolute atomic E-state index is 12.7. The average Bonchev–Trinajstić information content (AvgIpc) is 2.86.